The van der Waals surface area contributed by atoms with E-state index in [-0.39, 0.29) is 10.6 Å². The summed E-state index contributed by atoms with van der Waals surface area (Å²) in [5.74, 6) is 0.992. The van der Waals surface area contributed by atoms with Crippen molar-refractivity contribution in [2.45, 2.75) is 17.1 Å². The zero-order valence-corrected chi connectivity index (χ0v) is 22.5. The molecule has 0 bridgehead atoms. The summed E-state index contributed by atoms with van der Waals surface area (Å²) < 4.78 is 30.6. The van der Waals surface area contributed by atoms with Crippen LogP contribution < -0.4 is 10.6 Å². The number of fused-ring (bicyclic) bond motifs is 2. The minimum atomic E-state index is -3.67. The molecule has 0 radical (unpaired) electrons. The summed E-state index contributed by atoms with van der Waals surface area (Å²) in [6, 6.07) is 12.7. The Morgan fingerprint density at radius 1 is 1.02 bits per heavy atom. The minimum Gasteiger partial charge on any atom is -0.383 e. The van der Waals surface area contributed by atoms with E-state index in [1.807, 2.05) is 42.2 Å². The van der Waals surface area contributed by atoms with Crippen molar-refractivity contribution >= 4 is 43.4 Å². The van der Waals surface area contributed by atoms with Crippen molar-refractivity contribution in [3.05, 3.63) is 79.1 Å². The number of pyridine rings is 2. The van der Waals surface area contributed by atoms with Crippen molar-refractivity contribution in [2.75, 3.05) is 23.7 Å². The van der Waals surface area contributed by atoms with Gasteiger partial charge in [0, 0.05) is 49.7 Å². The van der Waals surface area contributed by atoms with Crippen LogP contribution in [0.3, 0.4) is 0 Å². The maximum absolute atomic E-state index is 13.5. The molecule has 6 heterocycles. The Bertz CT molecular complexity index is 2030. The first-order valence-corrected chi connectivity index (χ1v) is 14.5. The highest BCUT2D eigenvalue weighted by Gasteiger charge is 2.21. The number of benzene rings is 1. The van der Waals surface area contributed by atoms with Crippen molar-refractivity contribution in [2.24, 2.45) is 7.05 Å². The Hall–Kier alpha value is -4.84. The molecule has 200 valence electrons. The average Bonchev–Trinajstić information content (AvgIpc) is 3.51. The third-order valence-corrected chi connectivity index (χ3v) is 8.89. The summed E-state index contributed by atoms with van der Waals surface area (Å²) >= 11 is 0. The molecule has 0 amide bonds. The van der Waals surface area contributed by atoms with E-state index >= 15 is 0 Å². The third-order valence-electron chi connectivity index (χ3n) is 7.21. The van der Waals surface area contributed by atoms with Crippen LogP contribution in [-0.4, -0.2) is 55.8 Å². The number of aromatic nitrogens is 7. The standard InChI is InChI=1S/C28H25N9O2S/c1-35-10-7-23(34-35)22-15-37(28-26(22)27(29)31-17-32-28)20-11-18(13-30-14-20)16-40(38,39)21-5-3-19-4-6-25(33-24(19)12-21)36-8-2-9-36/h3-7,10-15,17H,2,8-9,16H2,1H3,(H2,29,31,32). The second-order valence-electron chi connectivity index (χ2n) is 9.92. The van der Waals surface area contributed by atoms with E-state index in [2.05, 4.69) is 25.0 Å². The van der Waals surface area contributed by atoms with Crippen LogP contribution >= 0.6 is 0 Å². The molecule has 11 nitrogen and oxygen atoms in total. The van der Waals surface area contributed by atoms with Gasteiger partial charge < -0.3 is 10.6 Å². The average molecular weight is 552 g/mol. The lowest BCUT2D eigenvalue weighted by Crippen LogP contribution is -2.37. The molecule has 0 unspecified atom stereocenters. The molecule has 1 aliphatic rings. The lowest BCUT2D eigenvalue weighted by Gasteiger charge is -2.32. The van der Waals surface area contributed by atoms with Crippen molar-refractivity contribution in [3.63, 3.8) is 0 Å². The van der Waals surface area contributed by atoms with Crippen LogP contribution in [0.1, 0.15) is 12.0 Å². The lowest BCUT2D eigenvalue weighted by molar-refractivity contribution is 0.595. The van der Waals surface area contributed by atoms with Gasteiger partial charge in [-0.25, -0.2) is 23.4 Å². The molecule has 1 fully saturated rings. The van der Waals surface area contributed by atoms with Gasteiger partial charge in [0.15, 0.2) is 15.5 Å². The number of nitrogens with zero attached hydrogens (tertiary/aromatic N) is 8. The molecule has 0 saturated carbocycles. The van der Waals surface area contributed by atoms with Gasteiger partial charge in [0.1, 0.15) is 18.0 Å². The maximum Gasteiger partial charge on any atom is 0.182 e. The van der Waals surface area contributed by atoms with Gasteiger partial charge in [0.05, 0.1) is 39.1 Å². The highest BCUT2D eigenvalue weighted by Crippen LogP contribution is 2.33. The number of nitrogen functional groups attached to an aromatic ring is 1. The van der Waals surface area contributed by atoms with Gasteiger partial charge in [-0.05, 0) is 48.4 Å². The summed E-state index contributed by atoms with van der Waals surface area (Å²) in [6.45, 7) is 1.94. The number of sulfone groups is 1. The summed E-state index contributed by atoms with van der Waals surface area (Å²) in [6.07, 6.45) is 9.49. The molecular weight excluding hydrogens is 526 g/mol. The first kappa shape index (κ1) is 24.2. The summed E-state index contributed by atoms with van der Waals surface area (Å²) in [4.78, 5) is 20.1. The van der Waals surface area contributed by atoms with E-state index in [1.54, 1.807) is 41.3 Å². The molecule has 6 aromatic rings. The number of rotatable bonds is 6. The monoisotopic (exact) mass is 551 g/mol. The van der Waals surface area contributed by atoms with Crippen LogP contribution in [0.4, 0.5) is 11.6 Å². The van der Waals surface area contributed by atoms with E-state index in [0.717, 1.165) is 42.0 Å². The molecular formula is C28H25N9O2S. The maximum atomic E-state index is 13.5. The normalized spacial score (nSPS) is 13.7. The Morgan fingerprint density at radius 3 is 2.65 bits per heavy atom. The molecule has 1 aromatic carbocycles. The quantitative estimate of drug-likeness (QED) is 0.329. The Balaban J connectivity index is 1.24. The van der Waals surface area contributed by atoms with Crippen molar-refractivity contribution in [1.29, 1.82) is 0 Å². The lowest BCUT2D eigenvalue weighted by atomic mass is 10.2. The van der Waals surface area contributed by atoms with Crippen molar-refractivity contribution < 1.29 is 8.42 Å². The largest absolute Gasteiger partial charge is 0.383 e. The van der Waals surface area contributed by atoms with Crippen molar-refractivity contribution in [3.8, 4) is 16.9 Å². The zero-order valence-electron chi connectivity index (χ0n) is 21.6. The molecule has 7 rings (SSSR count). The SMILES string of the molecule is Cn1ccc(-c2cn(-c3cncc(CS(=O)(=O)c4ccc5ccc(N6CCC6)nc5c4)c3)c3ncnc(N)c23)n1. The van der Waals surface area contributed by atoms with Crippen LogP contribution in [-0.2, 0) is 22.6 Å². The molecule has 12 heteroatoms. The van der Waals surface area contributed by atoms with E-state index in [9.17, 15) is 8.42 Å². The second-order valence-corrected chi connectivity index (χ2v) is 11.9. The molecule has 0 spiro atoms. The van der Waals surface area contributed by atoms with E-state index < -0.39 is 9.84 Å². The number of anilines is 2. The van der Waals surface area contributed by atoms with Crippen LogP contribution in [0, 0.1) is 0 Å². The van der Waals surface area contributed by atoms with Gasteiger partial charge in [-0.3, -0.25) is 14.2 Å². The van der Waals surface area contributed by atoms with Gasteiger partial charge >= 0.3 is 0 Å². The van der Waals surface area contributed by atoms with Gasteiger partial charge in [-0.1, -0.05) is 6.07 Å². The Labute approximate surface area is 229 Å². The third kappa shape index (κ3) is 4.13. The Morgan fingerprint density at radius 2 is 1.88 bits per heavy atom. The van der Waals surface area contributed by atoms with E-state index in [0.29, 0.717) is 33.6 Å². The zero-order chi connectivity index (χ0) is 27.4. The van der Waals surface area contributed by atoms with Gasteiger partial charge in [-0.2, -0.15) is 5.10 Å². The van der Waals surface area contributed by atoms with Crippen LogP contribution in [0.5, 0.6) is 0 Å². The Kier molecular flexibility index (Phi) is 5.52. The second kappa shape index (κ2) is 9.12. The summed E-state index contributed by atoms with van der Waals surface area (Å²) in [5.41, 5.74) is 10.2. The molecule has 2 N–H and O–H groups in total. The molecule has 40 heavy (non-hydrogen) atoms. The molecule has 5 aromatic heterocycles. The predicted octanol–water partition coefficient (Wildman–Crippen LogP) is 3.53. The number of hydrogen-bond donors (Lipinski definition) is 1. The molecule has 0 aliphatic carbocycles. The topological polar surface area (TPSA) is 138 Å². The summed E-state index contributed by atoms with van der Waals surface area (Å²) in [7, 11) is -1.83. The fraction of sp³-hybridized carbons (Fsp3) is 0.179. The first-order valence-electron chi connectivity index (χ1n) is 12.8. The number of aryl methyl sites for hydroxylation is 1. The molecule has 1 saturated heterocycles. The molecule has 0 atom stereocenters. The number of hydrogen-bond acceptors (Lipinski definition) is 9. The highest BCUT2D eigenvalue weighted by atomic mass is 32.2. The predicted molar refractivity (Wildman–Crippen MR) is 153 cm³/mol. The van der Waals surface area contributed by atoms with E-state index in [4.69, 9.17) is 10.7 Å². The smallest absolute Gasteiger partial charge is 0.182 e. The van der Waals surface area contributed by atoms with Gasteiger partial charge in [-0.15, -0.1) is 0 Å². The van der Waals surface area contributed by atoms with Crippen LogP contribution in [0.2, 0.25) is 0 Å². The summed E-state index contributed by atoms with van der Waals surface area (Å²) in [5, 5.41) is 6.08. The number of nitrogens with two attached hydrogens (primary N) is 1. The molecule has 1 aliphatic heterocycles. The highest BCUT2D eigenvalue weighted by molar-refractivity contribution is 7.90. The van der Waals surface area contributed by atoms with Crippen molar-refractivity contribution in [1.82, 2.24) is 34.3 Å². The van der Waals surface area contributed by atoms with Crippen LogP contribution in [0.15, 0.2) is 78.5 Å². The minimum absolute atomic E-state index is 0.214. The van der Waals surface area contributed by atoms with Gasteiger partial charge in [0.2, 0.25) is 0 Å². The fourth-order valence-electron chi connectivity index (χ4n) is 5.02. The van der Waals surface area contributed by atoms with Gasteiger partial charge in [0.25, 0.3) is 0 Å². The van der Waals surface area contributed by atoms with Crippen LogP contribution in [0.25, 0.3) is 38.9 Å². The first-order chi connectivity index (χ1) is 19.4. The van der Waals surface area contributed by atoms with E-state index in [1.165, 1.54) is 6.33 Å². The fourth-order valence-corrected chi connectivity index (χ4v) is 6.35.